The number of rotatable bonds is 7. The van der Waals surface area contributed by atoms with E-state index in [9.17, 15) is 0 Å². The fourth-order valence-corrected chi connectivity index (χ4v) is 3.54. The van der Waals surface area contributed by atoms with Gasteiger partial charge in [0.15, 0.2) is 5.11 Å². The van der Waals surface area contributed by atoms with Gasteiger partial charge in [-0.3, -0.25) is 9.36 Å². The Labute approximate surface area is 182 Å². The minimum Gasteiger partial charge on any atom is -0.362 e. The number of aromatic nitrogens is 4. The van der Waals surface area contributed by atoms with Crippen LogP contribution in [0.2, 0.25) is 5.02 Å². The largest absolute Gasteiger partial charge is 0.362 e. The molecule has 2 aromatic heterocycles. The molecular weight excluding hydrogens is 404 g/mol. The van der Waals surface area contributed by atoms with E-state index < -0.39 is 0 Å². The quantitative estimate of drug-likeness (QED) is 0.430. The number of aryl methyl sites for hydroxylation is 4. The Kier molecular flexibility index (Phi) is 6.92. The molecule has 3 aromatic rings. The smallest absolute Gasteiger partial charge is 0.170 e. The second-order valence-corrected chi connectivity index (χ2v) is 8.01. The monoisotopic (exact) mass is 430 g/mol. The minimum absolute atomic E-state index is 0.598. The average Bonchev–Trinajstić information content (AvgIpc) is 3.13. The number of anilines is 1. The molecule has 6 nitrogen and oxygen atoms in total. The van der Waals surface area contributed by atoms with Crippen LogP contribution in [0.25, 0.3) is 0 Å². The Balaban J connectivity index is 1.53. The summed E-state index contributed by atoms with van der Waals surface area (Å²) in [5.74, 6) is 0. The van der Waals surface area contributed by atoms with Crippen LogP contribution in [-0.2, 0) is 13.1 Å². The van der Waals surface area contributed by atoms with E-state index in [4.69, 9.17) is 23.8 Å². The fraction of sp³-hybridized carbons (Fsp3) is 0.381. The summed E-state index contributed by atoms with van der Waals surface area (Å²) in [5, 5.41) is 16.9. The zero-order chi connectivity index (χ0) is 21.0. The van der Waals surface area contributed by atoms with Crippen LogP contribution < -0.4 is 10.6 Å². The van der Waals surface area contributed by atoms with E-state index in [1.807, 2.05) is 29.4 Å². The van der Waals surface area contributed by atoms with E-state index in [2.05, 4.69) is 58.9 Å². The van der Waals surface area contributed by atoms with E-state index in [0.29, 0.717) is 10.1 Å². The van der Waals surface area contributed by atoms with Gasteiger partial charge in [0.2, 0.25) is 0 Å². The first kappa shape index (κ1) is 21.3. The molecule has 8 heteroatoms. The SMILES string of the molecule is Cc1ccccc1Cn1nc(C)c(NC(=S)NCCCn2cc(Cl)c(C)n2)c1C. The summed E-state index contributed by atoms with van der Waals surface area (Å²) in [7, 11) is 0. The van der Waals surface area contributed by atoms with Crippen molar-refractivity contribution in [3.8, 4) is 0 Å². The van der Waals surface area contributed by atoms with Gasteiger partial charge in [0.05, 0.1) is 34.3 Å². The van der Waals surface area contributed by atoms with Crippen molar-refractivity contribution in [2.75, 3.05) is 11.9 Å². The summed E-state index contributed by atoms with van der Waals surface area (Å²) in [4.78, 5) is 0. The number of thiocarbonyl (C=S) groups is 1. The third kappa shape index (κ3) is 5.36. The van der Waals surface area contributed by atoms with E-state index in [1.54, 1.807) is 0 Å². The Morgan fingerprint density at radius 3 is 2.55 bits per heavy atom. The van der Waals surface area contributed by atoms with E-state index in [1.165, 1.54) is 11.1 Å². The van der Waals surface area contributed by atoms with Crippen LogP contribution in [0.5, 0.6) is 0 Å². The molecule has 2 heterocycles. The lowest BCUT2D eigenvalue weighted by molar-refractivity contribution is 0.570. The number of hydrogen-bond acceptors (Lipinski definition) is 3. The lowest BCUT2D eigenvalue weighted by Gasteiger charge is -2.12. The number of benzene rings is 1. The van der Waals surface area contributed by atoms with Gasteiger partial charge in [-0.1, -0.05) is 35.9 Å². The fourth-order valence-electron chi connectivity index (χ4n) is 3.19. The highest BCUT2D eigenvalue weighted by molar-refractivity contribution is 7.80. The Bertz CT molecular complexity index is 987. The molecule has 0 atom stereocenters. The summed E-state index contributed by atoms with van der Waals surface area (Å²) in [6.45, 7) is 10.4. The van der Waals surface area contributed by atoms with Gasteiger partial charge < -0.3 is 10.6 Å². The van der Waals surface area contributed by atoms with E-state index >= 15 is 0 Å². The molecule has 154 valence electrons. The maximum atomic E-state index is 6.04. The van der Waals surface area contributed by atoms with Crippen LogP contribution in [0.1, 0.15) is 34.6 Å². The first-order valence-electron chi connectivity index (χ1n) is 9.68. The zero-order valence-corrected chi connectivity index (χ0v) is 18.9. The number of nitrogens with zero attached hydrogens (tertiary/aromatic N) is 4. The Morgan fingerprint density at radius 2 is 1.86 bits per heavy atom. The molecule has 0 saturated heterocycles. The molecule has 29 heavy (non-hydrogen) atoms. The van der Waals surface area contributed by atoms with Gasteiger partial charge in [-0.05, 0) is 57.5 Å². The van der Waals surface area contributed by atoms with Crippen LogP contribution in [0.15, 0.2) is 30.5 Å². The summed E-state index contributed by atoms with van der Waals surface area (Å²) in [5.41, 5.74) is 6.34. The van der Waals surface area contributed by atoms with Crippen LogP contribution in [0.4, 0.5) is 5.69 Å². The maximum absolute atomic E-state index is 6.04. The van der Waals surface area contributed by atoms with Gasteiger partial charge in [-0.2, -0.15) is 10.2 Å². The molecule has 0 aliphatic heterocycles. The molecule has 0 amide bonds. The highest BCUT2D eigenvalue weighted by Gasteiger charge is 2.13. The Morgan fingerprint density at radius 1 is 1.10 bits per heavy atom. The predicted molar refractivity (Wildman–Crippen MR) is 123 cm³/mol. The standard InChI is InChI=1S/C21H27ClN6S/c1-14-8-5-6-9-18(14)12-28-17(4)20(16(3)26-28)24-21(29)23-10-7-11-27-13-19(22)15(2)25-27/h5-6,8-9,13H,7,10-12H2,1-4H3,(H2,23,24,29). The lowest BCUT2D eigenvalue weighted by atomic mass is 10.1. The summed E-state index contributed by atoms with van der Waals surface area (Å²) in [6.07, 6.45) is 2.74. The topological polar surface area (TPSA) is 59.7 Å². The summed E-state index contributed by atoms with van der Waals surface area (Å²) >= 11 is 11.5. The highest BCUT2D eigenvalue weighted by atomic mass is 35.5. The predicted octanol–water partition coefficient (Wildman–Crippen LogP) is 4.39. The average molecular weight is 431 g/mol. The van der Waals surface area contributed by atoms with Crippen LogP contribution in [0.3, 0.4) is 0 Å². The van der Waals surface area contributed by atoms with Crippen molar-refractivity contribution in [2.24, 2.45) is 0 Å². The molecule has 2 N–H and O–H groups in total. The van der Waals surface area contributed by atoms with Crippen molar-refractivity contribution in [2.45, 2.75) is 47.2 Å². The minimum atomic E-state index is 0.598. The first-order valence-corrected chi connectivity index (χ1v) is 10.5. The third-order valence-electron chi connectivity index (χ3n) is 4.94. The van der Waals surface area contributed by atoms with Gasteiger partial charge in [-0.25, -0.2) is 0 Å². The number of halogens is 1. The van der Waals surface area contributed by atoms with Gasteiger partial charge in [0.1, 0.15) is 0 Å². The van der Waals surface area contributed by atoms with E-state index in [-0.39, 0.29) is 0 Å². The zero-order valence-electron chi connectivity index (χ0n) is 17.3. The molecule has 0 spiro atoms. The first-order chi connectivity index (χ1) is 13.8. The highest BCUT2D eigenvalue weighted by Crippen LogP contribution is 2.21. The van der Waals surface area contributed by atoms with Crippen molar-refractivity contribution in [3.05, 3.63) is 63.7 Å². The van der Waals surface area contributed by atoms with Gasteiger partial charge in [0, 0.05) is 19.3 Å². The second kappa shape index (κ2) is 9.41. The van der Waals surface area contributed by atoms with Gasteiger partial charge >= 0.3 is 0 Å². The molecule has 0 unspecified atom stereocenters. The van der Waals surface area contributed by atoms with Crippen molar-refractivity contribution < 1.29 is 0 Å². The normalized spacial score (nSPS) is 10.9. The van der Waals surface area contributed by atoms with Crippen molar-refractivity contribution in [1.82, 2.24) is 24.9 Å². The molecule has 0 saturated carbocycles. The van der Waals surface area contributed by atoms with Crippen molar-refractivity contribution in [1.29, 1.82) is 0 Å². The van der Waals surface area contributed by atoms with Gasteiger partial charge in [0.25, 0.3) is 0 Å². The molecule has 0 fully saturated rings. The van der Waals surface area contributed by atoms with Crippen LogP contribution in [-0.4, -0.2) is 31.2 Å². The molecular formula is C21H27ClN6S. The summed E-state index contributed by atoms with van der Waals surface area (Å²) in [6, 6.07) is 8.38. The van der Waals surface area contributed by atoms with Crippen molar-refractivity contribution >= 4 is 34.6 Å². The lowest BCUT2D eigenvalue weighted by Crippen LogP contribution is -2.30. The summed E-state index contributed by atoms with van der Waals surface area (Å²) < 4.78 is 3.88. The molecule has 0 radical (unpaired) electrons. The second-order valence-electron chi connectivity index (χ2n) is 7.19. The maximum Gasteiger partial charge on any atom is 0.170 e. The Hall–Kier alpha value is -2.38. The molecule has 3 rings (SSSR count). The number of nitrogens with one attached hydrogen (secondary N) is 2. The van der Waals surface area contributed by atoms with Crippen molar-refractivity contribution in [3.63, 3.8) is 0 Å². The van der Waals surface area contributed by atoms with Gasteiger partial charge in [-0.15, -0.1) is 0 Å². The number of hydrogen-bond donors (Lipinski definition) is 2. The molecule has 0 aliphatic rings. The third-order valence-corrected chi connectivity index (χ3v) is 5.55. The molecule has 0 aliphatic carbocycles. The van der Waals surface area contributed by atoms with Crippen LogP contribution in [0, 0.1) is 27.7 Å². The molecule has 0 bridgehead atoms. The molecule has 1 aromatic carbocycles. The van der Waals surface area contributed by atoms with E-state index in [0.717, 1.165) is 48.8 Å². The van der Waals surface area contributed by atoms with Crippen LogP contribution >= 0.6 is 23.8 Å².